The Morgan fingerprint density at radius 1 is 0.812 bits per heavy atom. The highest BCUT2D eigenvalue weighted by Gasteiger charge is 2.24. The Balaban J connectivity index is 3.76. The van der Waals surface area contributed by atoms with Crippen molar-refractivity contribution < 1.29 is 13.2 Å². The number of hydrogen-bond acceptors (Lipinski definition) is 3. The highest BCUT2D eigenvalue weighted by Crippen LogP contribution is 2.24. The molecule has 0 saturated carbocycles. The summed E-state index contributed by atoms with van der Waals surface area (Å²) in [5.74, 6) is -4.68. The highest BCUT2D eigenvalue weighted by molar-refractivity contribution is 5.48. The van der Waals surface area contributed by atoms with Gasteiger partial charge in [-0.25, -0.2) is 13.2 Å². The molecule has 0 saturated heterocycles. The molecule has 0 bridgehead atoms. The molecule has 0 heterocycles. The zero-order valence-electron chi connectivity index (χ0n) is 7.68. The summed E-state index contributed by atoms with van der Waals surface area (Å²) in [5, 5.41) is 25.3. The second-order valence-electron chi connectivity index (χ2n) is 2.73. The molecule has 1 rings (SSSR count). The molecule has 16 heavy (non-hydrogen) atoms. The monoisotopic (exact) mass is 221 g/mol. The van der Waals surface area contributed by atoms with Crippen molar-refractivity contribution in [2.45, 2.75) is 6.42 Å². The van der Waals surface area contributed by atoms with Crippen molar-refractivity contribution in [2.75, 3.05) is 0 Å². The topological polar surface area (TPSA) is 71.4 Å². The maximum Gasteiger partial charge on any atom is 0.180 e. The molecule has 0 aromatic heterocycles. The van der Waals surface area contributed by atoms with Crippen LogP contribution in [0.25, 0.3) is 0 Å². The van der Waals surface area contributed by atoms with Gasteiger partial charge in [0.25, 0.3) is 0 Å². The Kier molecular flexibility index (Phi) is 3.13. The quantitative estimate of drug-likeness (QED) is 0.680. The van der Waals surface area contributed by atoms with Crippen LogP contribution in [0.5, 0.6) is 0 Å². The molecule has 0 radical (unpaired) electrons. The van der Waals surface area contributed by atoms with Crippen LogP contribution in [0, 0.1) is 51.4 Å². The first-order valence-electron chi connectivity index (χ1n) is 3.94. The number of benzene rings is 1. The molecule has 1 aromatic carbocycles. The maximum absolute atomic E-state index is 13.4. The smallest absolute Gasteiger partial charge is 0.180 e. The SMILES string of the molecule is N#CCc1c(F)c(C#N)c(F)c(F)c1C#N. The molecule has 6 heteroatoms. The molecule has 0 unspecified atom stereocenters. The molecule has 1 aromatic rings. The number of nitrogens with zero attached hydrogens (tertiary/aromatic N) is 3. The summed E-state index contributed by atoms with van der Waals surface area (Å²) in [7, 11) is 0. The van der Waals surface area contributed by atoms with E-state index >= 15 is 0 Å². The average Bonchev–Trinajstić information content (AvgIpc) is 2.27. The fourth-order valence-electron chi connectivity index (χ4n) is 1.17. The van der Waals surface area contributed by atoms with Gasteiger partial charge in [-0.05, 0) is 0 Å². The summed E-state index contributed by atoms with van der Waals surface area (Å²) in [6, 6.07) is 3.92. The first kappa shape index (κ1) is 11.6. The van der Waals surface area contributed by atoms with E-state index in [0.29, 0.717) is 0 Å². The average molecular weight is 221 g/mol. The molecule has 0 aliphatic carbocycles. The van der Waals surface area contributed by atoms with Crippen molar-refractivity contribution in [1.82, 2.24) is 0 Å². The minimum atomic E-state index is -1.71. The lowest BCUT2D eigenvalue weighted by atomic mass is 10.0. The van der Waals surface area contributed by atoms with E-state index in [1.165, 1.54) is 12.1 Å². The molecule has 0 atom stereocenters. The second kappa shape index (κ2) is 4.33. The van der Waals surface area contributed by atoms with Crippen LogP contribution < -0.4 is 0 Å². The van der Waals surface area contributed by atoms with Gasteiger partial charge in [-0.3, -0.25) is 0 Å². The third kappa shape index (κ3) is 1.55. The summed E-state index contributed by atoms with van der Waals surface area (Å²) in [4.78, 5) is 0. The third-order valence-corrected chi connectivity index (χ3v) is 1.90. The molecule has 0 aliphatic heterocycles. The van der Waals surface area contributed by atoms with Crippen molar-refractivity contribution in [3.05, 3.63) is 34.1 Å². The van der Waals surface area contributed by atoms with E-state index < -0.39 is 40.6 Å². The van der Waals surface area contributed by atoms with Crippen LogP contribution in [0.15, 0.2) is 0 Å². The van der Waals surface area contributed by atoms with Crippen LogP contribution >= 0.6 is 0 Å². The van der Waals surface area contributed by atoms with Gasteiger partial charge < -0.3 is 0 Å². The van der Waals surface area contributed by atoms with Gasteiger partial charge in [0, 0.05) is 5.56 Å². The van der Waals surface area contributed by atoms with Crippen molar-refractivity contribution in [3.8, 4) is 18.2 Å². The van der Waals surface area contributed by atoms with E-state index in [2.05, 4.69) is 0 Å². The molecule has 0 amide bonds. The fourth-order valence-corrected chi connectivity index (χ4v) is 1.17. The second-order valence-corrected chi connectivity index (χ2v) is 2.73. The predicted molar refractivity (Wildman–Crippen MR) is 45.1 cm³/mol. The van der Waals surface area contributed by atoms with Gasteiger partial charge in [-0.1, -0.05) is 0 Å². The predicted octanol–water partition coefficient (Wildman–Crippen LogP) is 1.91. The van der Waals surface area contributed by atoms with Gasteiger partial charge in [0.2, 0.25) is 0 Å². The van der Waals surface area contributed by atoms with Crippen molar-refractivity contribution >= 4 is 0 Å². The van der Waals surface area contributed by atoms with E-state index in [9.17, 15) is 13.2 Å². The lowest BCUT2D eigenvalue weighted by Crippen LogP contribution is -2.06. The minimum Gasteiger partial charge on any atom is -0.205 e. The lowest BCUT2D eigenvalue weighted by molar-refractivity contribution is 0.485. The maximum atomic E-state index is 13.4. The lowest BCUT2D eigenvalue weighted by Gasteiger charge is -2.05. The van der Waals surface area contributed by atoms with Gasteiger partial charge >= 0.3 is 0 Å². The Labute approximate surface area is 88.6 Å². The van der Waals surface area contributed by atoms with Gasteiger partial charge in [0.05, 0.1) is 18.1 Å². The molecule has 78 valence electrons. The van der Waals surface area contributed by atoms with Crippen LogP contribution in [0.2, 0.25) is 0 Å². The van der Waals surface area contributed by atoms with Crippen LogP contribution in [0.3, 0.4) is 0 Å². The van der Waals surface area contributed by atoms with E-state index in [-0.39, 0.29) is 0 Å². The van der Waals surface area contributed by atoms with Gasteiger partial charge in [0.1, 0.15) is 23.5 Å². The van der Waals surface area contributed by atoms with Crippen LogP contribution in [0.4, 0.5) is 13.2 Å². The summed E-state index contributed by atoms with van der Waals surface area (Å²) in [6.45, 7) is 0. The van der Waals surface area contributed by atoms with Crippen molar-refractivity contribution in [1.29, 1.82) is 15.8 Å². The number of halogens is 3. The Hall–Kier alpha value is -2.52. The fraction of sp³-hybridized carbons (Fsp3) is 0.100. The van der Waals surface area contributed by atoms with Crippen LogP contribution in [-0.4, -0.2) is 0 Å². The zero-order valence-corrected chi connectivity index (χ0v) is 7.68. The first-order chi connectivity index (χ1) is 7.58. The Morgan fingerprint density at radius 2 is 1.31 bits per heavy atom. The van der Waals surface area contributed by atoms with Gasteiger partial charge in [-0.2, -0.15) is 15.8 Å². The van der Waals surface area contributed by atoms with E-state index in [1.807, 2.05) is 0 Å². The molecule has 0 fully saturated rings. The first-order valence-corrected chi connectivity index (χ1v) is 3.94. The molecular weight excluding hydrogens is 219 g/mol. The van der Waals surface area contributed by atoms with E-state index in [1.54, 1.807) is 0 Å². The minimum absolute atomic E-state index is 0.597. The third-order valence-electron chi connectivity index (χ3n) is 1.90. The zero-order chi connectivity index (χ0) is 12.3. The molecule has 0 aliphatic rings. The van der Waals surface area contributed by atoms with Crippen molar-refractivity contribution in [3.63, 3.8) is 0 Å². The van der Waals surface area contributed by atoms with Gasteiger partial charge in [-0.15, -0.1) is 0 Å². The van der Waals surface area contributed by atoms with Crippen molar-refractivity contribution in [2.24, 2.45) is 0 Å². The van der Waals surface area contributed by atoms with E-state index in [4.69, 9.17) is 15.8 Å². The molecule has 0 spiro atoms. The number of rotatable bonds is 1. The van der Waals surface area contributed by atoms with Crippen LogP contribution in [-0.2, 0) is 6.42 Å². The Morgan fingerprint density at radius 3 is 1.75 bits per heavy atom. The normalized spacial score (nSPS) is 9.00. The number of hydrogen-bond donors (Lipinski definition) is 0. The highest BCUT2D eigenvalue weighted by atomic mass is 19.2. The largest absolute Gasteiger partial charge is 0.205 e. The summed E-state index contributed by atoms with van der Waals surface area (Å²) < 4.78 is 39.7. The standard InChI is InChI=1S/C10H2F3N3/c11-8-5(1-2-14)6(3-15)9(12)10(13)7(8)4-16/h1H2. The van der Waals surface area contributed by atoms with Gasteiger partial charge in [0.15, 0.2) is 11.6 Å². The summed E-state index contributed by atoms with van der Waals surface area (Å²) in [6.07, 6.45) is -0.611. The summed E-state index contributed by atoms with van der Waals surface area (Å²) >= 11 is 0. The molecule has 0 N–H and O–H groups in total. The summed E-state index contributed by atoms with van der Waals surface area (Å²) in [5.41, 5.74) is -2.60. The van der Waals surface area contributed by atoms with Crippen LogP contribution in [0.1, 0.15) is 16.7 Å². The molecule has 3 nitrogen and oxygen atoms in total. The molecular formula is C10H2F3N3. The Bertz CT molecular complexity index is 573. The number of nitriles is 3. The van der Waals surface area contributed by atoms with E-state index in [0.717, 1.165) is 6.07 Å².